The summed E-state index contributed by atoms with van der Waals surface area (Å²) in [5.41, 5.74) is -0.250. The molecule has 0 bridgehead atoms. The Hall–Kier alpha value is -0.453. The quantitative estimate of drug-likeness (QED) is 0.640. The van der Waals surface area contributed by atoms with Crippen LogP contribution in [0.4, 0.5) is 0 Å². The van der Waals surface area contributed by atoms with Crippen molar-refractivity contribution in [3.05, 3.63) is 0 Å². The van der Waals surface area contributed by atoms with Gasteiger partial charge in [-0.15, -0.1) is 0 Å². The predicted octanol–water partition coefficient (Wildman–Crippen LogP) is 3.48. The molecule has 0 amide bonds. The van der Waals surface area contributed by atoms with Crippen LogP contribution in [-0.2, 0) is 13.9 Å². The van der Waals surface area contributed by atoms with Gasteiger partial charge in [-0.3, -0.25) is 0 Å². The van der Waals surface area contributed by atoms with Gasteiger partial charge in [0.1, 0.15) is 6.10 Å². The molecule has 4 atom stereocenters. The topological polar surface area (TPSA) is 71.7 Å². The Bertz CT molecular complexity index is 411. The van der Waals surface area contributed by atoms with Crippen LogP contribution >= 0.6 is 0 Å². The van der Waals surface area contributed by atoms with Crippen LogP contribution in [0.3, 0.4) is 0 Å². The molecule has 0 unspecified atom stereocenters. The van der Waals surface area contributed by atoms with Crippen LogP contribution in [-0.4, -0.2) is 51.6 Å². The van der Waals surface area contributed by atoms with E-state index in [1.165, 1.54) is 0 Å². The molecule has 1 heterocycles. The van der Waals surface area contributed by atoms with Crippen molar-refractivity contribution in [2.45, 2.75) is 90.0 Å². The van der Waals surface area contributed by atoms with E-state index in [-0.39, 0.29) is 24.2 Å². The number of aliphatic hydroxyl groups excluding tert-OH is 1. The van der Waals surface area contributed by atoms with Gasteiger partial charge in [-0.2, -0.15) is 5.26 Å². The molecule has 1 saturated heterocycles. The van der Waals surface area contributed by atoms with Crippen LogP contribution in [0.5, 0.6) is 0 Å². The Kier molecular flexibility index (Phi) is 8.37. The minimum atomic E-state index is -1.77. The number of hydrogen-bond acceptors (Lipinski definition) is 5. The van der Waals surface area contributed by atoms with Crippen LogP contribution in [0, 0.1) is 16.7 Å². The van der Waals surface area contributed by atoms with E-state index in [4.69, 9.17) is 13.9 Å². The van der Waals surface area contributed by atoms with Gasteiger partial charge in [0.2, 0.25) is 0 Å². The van der Waals surface area contributed by atoms with Gasteiger partial charge in [0.15, 0.2) is 8.32 Å². The molecule has 1 N–H and O–H groups in total. The molecule has 0 aromatic carbocycles. The lowest BCUT2D eigenvalue weighted by molar-refractivity contribution is -0.165. The zero-order valence-electron chi connectivity index (χ0n) is 16.2. The van der Waals surface area contributed by atoms with Crippen LogP contribution in [0.2, 0.25) is 18.1 Å². The predicted molar refractivity (Wildman–Crippen MR) is 97.2 cm³/mol. The number of aliphatic hydroxyl groups is 1. The van der Waals surface area contributed by atoms with Crippen molar-refractivity contribution >= 4 is 8.32 Å². The number of nitriles is 1. The summed E-state index contributed by atoms with van der Waals surface area (Å²) in [4.78, 5) is 0. The van der Waals surface area contributed by atoms with E-state index in [0.29, 0.717) is 12.8 Å². The highest BCUT2D eigenvalue weighted by Gasteiger charge is 2.48. The summed E-state index contributed by atoms with van der Waals surface area (Å²) in [5.74, 6) is 0. The fourth-order valence-electron chi connectivity index (χ4n) is 3.59. The number of methoxy groups -OCH3 is 1. The second-order valence-corrected chi connectivity index (χ2v) is 12.2. The molecule has 0 spiro atoms. The van der Waals surface area contributed by atoms with E-state index in [9.17, 15) is 10.4 Å². The lowest BCUT2D eigenvalue weighted by atomic mass is 9.74. The Balaban J connectivity index is 2.99. The van der Waals surface area contributed by atoms with E-state index in [2.05, 4.69) is 40.7 Å². The molecule has 6 heteroatoms. The minimum Gasteiger partial charge on any atom is -0.413 e. The Morgan fingerprint density at radius 3 is 2.33 bits per heavy atom. The molecule has 24 heavy (non-hydrogen) atoms. The molecule has 0 aliphatic carbocycles. The molecule has 0 saturated carbocycles. The Morgan fingerprint density at radius 1 is 1.29 bits per heavy atom. The van der Waals surface area contributed by atoms with E-state index >= 15 is 0 Å². The average Bonchev–Trinajstić information content (AvgIpc) is 2.56. The summed E-state index contributed by atoms with van der Waals surface area (Å²) < 4.78 is 17.7. The largest absolute Gasteiger partial charge is 0.413 e. The van der Waals surface area contributed by atoms with Gasteiger partial charge in [0.05, 0.1) is 31.0 Å². The zero-order valence-corrected chi connectivity index (χ0v) is 17.2. The first kappa shape index (κ1) is 21.6. The molecule has 1 rings (SSSR count). The first-order valence-electron chi connectivity index (χ1n) is 9.18. The van der Waals surface area contributed by atoms with Crippen molar-refractivity contribution in [2.75, 3.05) is 13.7 Å². The highest BCUT2D eigenvalue weighted by Crippen LogP contribution is 2.42. The smallest absolute Gasteiger partial charge is 0.192 e. The molecule has 1 aliphatic heterocycles. The number of hydrogen-bond donors (Lipinski definition) is 1. The maximum Gasteiger partial charge on any atom is 0.192 e. The van der Waals surface area contributed by atoms with Crippen molar-refractivity contribution in [2.24, 2.45) is 5.41 Å². The van der Waals surface area contributed by atoms with Crippen LogP contribution in [0.15, 0.2) is 0 Å². The first-order valence-corrected chi connectivity index (χ1v) is 11.7. The summed E-state index contributed by atoms with van der Waals surface area (Å²) >= 11 is 0. The maximum atomic E-state index is 10.1. The van der Waals surface area contributed by atoms with Crippen molar-refractivity contribution < 1.29 is 19.0 Å². The summed E-state index contributed by atoms with van der Waals surface area (Å²) in [6, 6.07) is 5.50. The minimum absolute atomic E-state index is 0.0119. The molecule has 1 aliphatic rings. The normalized spacial score (nSPS) is 28.3. The van der Waals surface area contributed by atoms with E-state index in [1.54, 1.807) is 7.11 Å². The Morgan fingerprint density at radius 2 is 1.88 bits per heavy atom. The average molecular weight is 358 g/mol. The lowest BCUT2D eigenvalue weighted by Gasteiger charge is -2.49. The third-order valence-electron chi connectivity index (χ3n) is 5.73. The molecule has 5 nitrogen and oxygen atoms in total. The summed E-state index contributed by atoms with van der Waals surface area (Å²) in [6.45, 7) is 11.2. The standard InChI is InChI=1S/C18H35NO4Si/c1-7-24(8-2,9-3)23-17-11-15(12-19)22-16(18(17,4)5)10-14(20)13-21-6/h14-17,20H,7-11,13H2,1-6H3/t14-,15-,16+,17+/m0/s1. The van der Waals surface area contributed by atoms with Crippen molar-refractivity contribution in [3.63, 3.8) is 0 Å². The highest BCUT2D eigenvalue weighted by molar-refractivity contribution is 6.73. The molecule has 1 fully saturated rings. The summed E-state index contributed by atoms with van der Waals surface area (Å²) in [5, 5.41) is 19.5. The molecule has 0 aromatic rings. The van der Waals surface area contributed by atoms with Crippen LogP contribution in [0.1, 0.15) is 47.5 Å². The fraction of sp³-hybridized carbons (Fsp3) is 0.944. The van der Waals surface area contributed by atoms with Gasteiger partial charge in [0, 0.05) is 25.4 Å². The van der Waals surface area contributed by atoms with Crippen molar-refractivity contribution in [1.82, 2.24) is 0 Å². The summed E-state index contributed by atoms with van der Waals surface area (Å²) in [7, 11) is -0.200. The maximum absolute atomic E-state index is 10.1. The van der Waals surface area contributed by atoms with Gasteiger partial charge in [-0.25, -0.2) is 0 Å². The van der Waals surface area contributed by atoms with E-state index < -0.39 is 20.5 Å². The lowest BCUT2D eigenvalue weighted by Crippen LogP contribution is -2.56. The summed E-state index contributed by atoms with van der Waals surface area (Å²) in [6.07, 6.45) is -0.235. The number of rotatable bonds is 9. The first-order chi connectivity index (χ1) is 11.3. The molecular weight excluding hydrogens is 322 g/mol. The van der Waals surface area contributed by atoms with Gasteiger partial charge in [0.25, 0.3) is 0 Å². The van der Waals surface area contributed by atoms with Gasteiger partial charge in [-0.1, -0.05) is 34.6 Å². The van der Waals surface area contributed by atoms with Crippen LogP contribution in [0.25, 0.3) is 0 Å². The van der Waals surface area contributed by atoms with E-state index in [1.807, 2.05) is 0 Å². The van der Waals surface area contributed by atoms with E-state index in [0.717, 1.165) is 18.1 Å². The van der Waals surface area contributed by atoms with Gasteiger partial charge in [-0.05, 0) is 18.1 Å². The molecule has 140 valence electrons. The highest BCUT2D eigenvalue weighted by atomic mass is 28.4. The number of ether oxygens (including phenoxy) is 2. The van der Waals surface area contributed by atoms with Crippen molar-refractivity contribution in [1.29, 1.82) is 5.26 Å². The third-order valence-corrected chi connectivity index (χ3v) is 10.4. The molecule has 0 radical (unpaired) electrons. The zero-order chi connectivity index (χ0) is 18.4. The van der Waals surface area contributed by atoms with Gasteiger partial charge < -0.3 is 19.0 Å². The second-order valence-electron chi connectivity index (χ2n) is 7.49. The van der Waals surface area contributed by atoms with Crippen molar-refractivity contribution in [3.8, 4) is 6.07 Å². The second kappa shape index (κ2) is 9.30. The third kappa shape index (κ3) is 5.03. The Labute approximate surface area is 148 Å². The SMILES string of the molecule is CC[Si](CC)(CC)O[C@@H]1C[C@@H](C#N)O[C@H](C[C@H](O)COC)C1(C)C. The van der Waals surface area contributed by atoms with Gasteiger partial charge >= 0.3 is 0 Å². The monoisotopic (exact) mass is 357 g/mol. The molecule has 0 aromatic heterocycles. The van der Waals surface area contributed by atoms with Crippen LogP contribution < -0.4 is 0 Å². The number of nitrogens with zero attached hydrogens (tertiary/aromatic N) is 1. The fourth-order valence-corrected chi connectivity index (χ4v) is 6.59. The molecular formula is C18H35NO4Si.